The molecule has 0 aliphatic carbocycles. The molecule has 0 radical (unpaired) electrons. The third-order valence-corrected chi connectivity index (χ3v) is 5.64. The molecule has 4 rings (SSSR count). The lowest BCUT2D eigenvalue weighted by atomic mass is 10.2. The second-order valence-corrected chi connectivity index (χ2v) is 8.46. The van der Waals surface area contributed by atoms with E-state index in [1.165, 1.54) is 18.2 Å². The lowest BCUT2D eigenvalue weighted by Crippen LogP contribution is -2.35. The van der Waals surface area contributed by atoms with E-state index in [0.717, 1.165) is 5.01 Å². The van der Waals surface area contributed by atoms with Crippen molar-refractivity contribution < 1.29 is 18.0 Å². The summed E-state index contributed by atoms with van der Waals surface area (Å²) in [6.07, 6.45) is 3.19. The fraction of sp³-hybridized carbons (Fsp3) is 0. The van der Waals surface area contributed by atoms with E-state index in [1.54, 1.807) is 59.3 Å². The zero-order valence-electron chi connectivity index (χ0n) is 15.3. The van der Waals surface area contributed by atoms with Gasteiger partial charge in [-0.25, -0.2) is 18.6 Å². The summed E-state index contributed by atoms with van der Waals surface area (Å²) in [5, 5.41) is 6.69. The Morgan fingerprint density at radius 2 is 1.70 bits per heavy atom. The Bertz CT molecular complexity index is 1300. The van der Waals surface area contributed by atoms with Gasteiger partial charge in [0.1, 0.15) is 5.57 Å². The van der Waals surface area contributed by atoms with Crippen LogP contribution in [0.4, 0.5) is 5.69 Å². The number of primary sulfonamides is 1. The van der Waals surface area contributed by atoms with E-state index in [4.69, 9.17) is 16.7 Å². The van der Waals surface area contributed by atoms with E-state index in [9.17, 15) is 18.0 Å². The van der Waals surface area contributed by atoms with E-state index >= 15 is 0 Å². The van der Waals surface area contributed by atoms with Crippen LogP contribution in [0, 0.1) is 0 Å². The molecular weight excluding hydrogens is 428 g/mol. The van der Waals surface area contributed by atoms with Gasteiger partial charge in [0.05, 0.1) is 10.6 Å². The number of carbonyl (C=O) groups excluding carboxylic acids is 2. The Hall–Kier alpha value is -3.40. The van der Waals surface area contributed by atoms with Gasteiger partial charge in [-0.2, -0.15) is 0 Å². The summed E-state index contributed by atoms with van der Waals surface area (Å²) >= 11 is 5.97. The Morgan fingerprint density at radius 1 is 0.967 bits per heavy atom. The molecule has 1 aromatic heterocycles. The van der Waals surface area contributed by atoms with Crippen LogP contribution in [0.2, 0.25) is 5.02 Å². The number of anilines is 1. The average Bonchev–Trinajstić information content (AvgIpc) is 3.27. The molecule has 10 heteroatoms. The summed E-state index contributed by atoms with van der Waals surface area (Å²) in [5.41, 5.74) is 4.11. The van der Waals surface area contributed by atoms with Gasteiger partial charge in [-0.15, -0.1) is 0 Å². The molecule has 2 aromatic carbocycles. The first-order valence-corrected chi connectivity index (χ1v) is 10.6. The van der Waals surface area contributed by atoms with E-state index in [2.05, 4.69) is 5.43 Å². The number of sulfonamides is 1. The second-order valence-electron chi connectivity index (χ2n) is 6.46. The van der Waals surface area contributed by atoms with Crippen LogP contribution in [0.5, 0.6) is 0 Å². The maximum absolute atomic E-state index is 12.8. The number of nitrogens with one attached hydrogen (secondary N) is 1. The van der Waals surface area contributed by atoms with Crippen LogP contribution in [0.3, 0.4) is 0 Å². The van der Waals surface area contributed by atoms with Crippen molar-refractivity contribution >= 4 is 45.2 Å². The van der Waals surface area contributed by atoms with Gasteiger partial charge in [0.25, 0.3) is 11.8 Å². The molecule has 8 nitrogen and oxygen atoms in total. The maximum Gasteiger partial charge on any atom is 0.282 e. The van der Waals surface area contributed by atoms with Crippen LogP contribution < -0.4 is 15.6 Å². The predicted octanol–water partition coefficient (Wildman–Crippen LogP) is 2.24. The smallest absolute Gasteiger partial charge is 0.282 e. The number of benzene rings is 2. The minimum Gasteiger partial charge on any atom is -0.317 e. The molecule has 1 aliphatic rings. The topological polar surface area (TPSA) is 114 Å². The fourth-order valence-corrected chi connectivity index (χ4v) is 3.75. The van der Waals surface area contributed by atoms with Crippen LogP contribution in [0.1, 0.15) is 5.69 Å². The first-order chi connectivity index (χ1) is 14.2. The zero-order valence-corrected chi connectivity index (χ0v) is 16.9. The van der Waals surface area contributed by atoms with Crippen molar-refractivity contribution in [2.24, 2.45) is 5.14 Å². The van der Waals surface area contributed by atoms with Crippen LogP contribution in [-0.2, 0) is 19.6 Å². The van der Waals surface area contributed by atoms with Crippen molar-refractivity contribution in [2.75, 3.05) is 5.01 Å². The maximum atomic E-state index is 12.8. The molecule has 0 bridgehead atoms. The SMILES string of the molecule is NS(=O)(=O)c1ccc(-n2cccc2/C=C2\C(=O)NN(c3cccc(Cl)c3)C2=O)cc1. The van der Waals surface area contributed by atoms with E-state index in [1.807, 2.05) is 0 Å². The third kappa shape index (κ3) is 3.73. The number of amides is 2. The standard InChI is InChI=1S/C20H15ClN4O4S/c21-13-3-1-4-16(11-13)25-20(27)18(19(26)23-25)12-15-5-2-10-24(15)14-6-8-17(9-7-14)30(22,28)29/h1-12H,(H,23,26)(H2,22,28,29)/b18-12+. The Labute approximate surface area is 177 Å². The highest BCUT2D eigenvalue weighted by Crippen LogP contribution is 2.25. The highest BCUT2D eigenvalue weighted by atomic mass is 35.5. The molecule has 1 fully saturated rings. The summed E-state index contributed by atoms with van der Waals surface area (Å²) in [6, 6.07) is 16.0. The normalized spacial score (nSPS) is 15.7. The average molecular weight is 443 g/mol. The van der Waals surface area contributed by atoms with Gasteiger partial charge in [-0.1, -0.05) is 17.7 Å². The number of hydrogen-bond donors (Lipinski definition) is 2. The molecule has 0 saturated carbocycles. The number of aromatic nitrogens is 1. The molecule has 152 valence electrons. The summed E-state index contributed by atoms with van der Waals surface area (Å²) in [6.45, 7) is 0. The van der Waals surface area contributed by atoms with Gasteiger partial charge in [0.2, 0.25) is 10.0 Å². The quantitative estimate of drug-likeness (QED) is 0.476. The van der Waals surface area contributed by atoms with Crippen molar-refractivity contribution in [3.05, 3.63) is 83.2 Å². The number of hydrogen-bond acceptors (Lipinski definition) is 4. The minimum absolute atomic E-state index is 0.0131. The lowest BCUT2D eigenvalue weighted by molar-refractivity contribution is -0.117. The first kappa shape index (κ1) is 19.9. The number of nitrogens with two attached hydrogens (primary N) is 1. The largest absolute Gasteiger partial charge is 0.317 e. The van der Waals surface area contributed by atoms with E-state index in [0.29, 0.717) is 22.1 Å². The number of carbonyl (C=O) groups is 2. The third-order valence-electron chi connectivity index (χ3n) is 4.47. The molecule has 1 aliphatic heterocycles. The van der Waals surface area contributed by atoms with Gasteiger partial charge < -0.3 is 4.57 Å². The first-order valence-electron chi connectivity index (χ1n) is 8.67. The number of hydrazine groups is 1. The zero-order chi connectivity index (χ0) is 21.5. The molecule has 30 heavy (non-hydrogen) atoms. The van der Waals surface area contributed by atoms with Gasteiger partial charge in [-0.05, 0) is 60.7 Å². The summed E-state index contributed by atoms with van der Waals surface area (Å²) < 4.78 is 24.6. The van der Waals surface area contributed by atoms with Crippen LogP contribution in [0.25, 0.3) is 11.8 Å². The van der Waals surface area contributed by atoms with Gasteiger partial charge in [-0.3, -0.25) is 15.0 Å². The minimum atomic E-state index is -3.80. The molecule has 0 unspecified atom stereocenters. The van der Waals surface area contributed by atoms with Gasteiger partial charge >= 0.3 is 0 Å². The molecule has 0 spiro atoms. The Kier molecular flexibility index (Phi) is 4.94. The Morgan fingerprint density at radius 3 is 2.37 bits per heavy atom. The lowest BCUT2D eigenvalue weighted by Gasteiger charge is -2.14. The van der Waals surface area contributed by atoms with Crippen molar-refractivity contribution in [1.29, 1.82) is 0 Å². The molecule has 1 saturated heterocycles. The van der Waals surface area contributed by atoms with Crippen LogP contribution >= 0.6 is 11.6 Å². The number of halogens is 1. The van der Waals surface area contributed by atoms with Crippen LogP contribution in [0.15, 0.2) is 77.3 Å². The predicted molar refractivity (Wildman–Crippen MR) is 112 cm³/mol. The molecule has 3 aromatic rings. The van der Waals surface area contributed by atoms with Crippen LogP contribution in [-0.4, -0.2) is 24.8 Å². The van der Waals surface area contributed by atoms with Crippen molar-refractivity contribution in [2.45, 2.75) is 4.90 Å². The summed E-state index contributed by atoms with van der Waals surface area (Å²) in [5.74, 6) is -1.06. The molecule has 3 N–H and O–H groups in total. The fourth-order valence-electron chi connectivity index (χ4n) is 3.05. The second kappa shape index (κ2) is 7.45. The number of nitrogens with zero attached hydrogens (tertiary/aromatic N) is 2. The summed E-state index contributed by atoms with van der Waals surface area (Å²) in [7, 11) is -3.80. The highest BCUT2D eigenvalue weighted by molar-refractivity contribution is 7.89. The molecule has 2 amide bonds. The van der Waals surface area contributed by atoms with E-state index < -0.39 is 21.8 Å². The molecule has 0 atom stereocenters. The molecular formula is C20H15ClN4O4S. The monoisotopic (exact) mass is 442 g/mol. The van der Waals surface area contributed by atoms with Crippen molar-refractivity contribution in [1.82, 2.24) is 9.99 Å². The van der Waals surface area contributed by atoms with Crippen molar-refractivity contribution in [3.8, 4) is 5.69 Å². The van der Waals surface area contributed by atoms with Gasteiger partial charge in [0, 0.05) is 22.6 Å². The van der Waals surface area contributed by atoms with E-state index in [-0.39, 0.29) is 10.5 Å². The van der Waals surface area contributed by atoms with Crippen molar-refractivity contribution in [3.63, 3.8) is 0 Å². The molecule has 2 heterocycles. The Balaban J connectivity index is 1.67. The number of rotatable bonds is 4. The summed E-state index contributed by atoms with van der Waals surface area (Å²) in [4.78, 5) is 25.2. The van der Waals surface area contributed by atoms with Gasteiger partial charge in [0.15, 0.2) is 0 Å². The highest BCUT2D eigenvalue weighted by Gasteiger charge is 2.34.